The van der Waals surface area contributed by atoms with Crippen LogP contribution in [0.3, 0.4) is 0 Å². The van der Waals surface area contributed by atoms with Crippen molar-refractivity contribution >= 4 is 17.6 Å². The van der Waals surface area contributed by atoms with Crippen molar-refractivity contribution in [2.75, 3.05) is 13.2 Å². The Morgan fingerprint density at radius 3 is 2.67 bits per heavy atom. The Kier molecular flexibility index (Phi) is 4.52. The highest BCUT2D eigenvalue weighted by Crippen LogP contribution is 2.23. The molecule has 1 aromatic carbocycles. The van der Waals surface area contributed by atoms with Crippen molar-refractivity contribution in [2.45, 2.75) is 0 Å². The van der Waals surface area contributed by atoms with Crippen LogP contribution in [0, 0.1) is 0 Å². The molecule has 0 bridgehead atoms. The Hall–Kier alpha value is -2.87. The second-order valence-electron chi connectivity index (χ2n) is 4.14. The van der Waals surface area contributed by atoms with Crippen LogP contribution in [-0.4, -0.2) is 35.3 Å². The Morgan fingerprint density at radius 2 is 2.05 bits per heavy atom. The van der Waals surface area contributed by atoms with Gasteiger partial charge in [0.2, 0.25) is 0 Å². The van der Waals surface area contributed by atoms with Gasteiger partial charge in [0, 0.05) is 18.2 Å². The first-order valence-corrected chi connectivity index (χ1v) is 6.16. The lowest BCUT2D eigenvalue weighted by molar-refractivity contribution is 0.0936. The van der Waals surface area contributed by atoms with Gasteiger partial charge in [0.15, 0.2) is 17.4 Å². The van der Waals surface area contributed by atoms with Gasteiger partial charge in [-0.15, -0.1) is 0 Å². The van der Waals surface area contributed by atoms with E-state index < -0.39 is 5.91 Å². The summed E-state index contributed by atoms with van der Waals surface area (Å²) in [5.41, 5.74) is 12.1. The van der Waals surface area contributed by atoms with Gasteiger partial charge in [0.1, 0.15) is 0 Å². The van der Waals surface area contributed by atoms with Crippen molar-refractivity contribution < 1.29 is 14.4 Å². The van der Waals surface area contributed by atoms with E-state index in [2.05, 4.69) is 15.5 Å². The van der Waals surface area contributed by atoms with Crippen molar-refractivity contribution in [3.05, 3.63) is 36.0 Å². The maximum atomic E-state index is 11.6. The van der Waals surface area contributed by atoms with Crippen LogP contribution < -0.4 is 16.8 Å². The van der Waals surface area contributed by atoms with E-state index in [9.17, 15) is 4.79 Å². The van der Waals surface area contributed by atoms with Crippen LogP contribution in [0.4, 0.5) is 5.69 Å². The van der Waals surface area contributed by atoms with Crippen LogP contribution in [0.15, 0.2) is 39.8 Å². The van der Waals surface area contributed by atoms with E-state index in [0.29, 0.717) is 11.4 Å². The van der Waals surface area contributed by atoms with E-state index in [1.165, 1.54) is 6.07 Å². The average Bonchev–Trinajstić information content (AvgIpc) is 2.95. The molecule has 1 aromatic heterocycles. The van der Waals surface area contributed by atoms with E-state index in [1.807, 2.05) is 0 Å². The van der Waals surface area contributed by atoms with Crippen LogP contribution in [0.1, 0.15) is 10.5 Å². The van der Waals surface area contributed by atoms with E-state index >= 15 is 0 Å². The molecule has 110 valence electrons. The number of nitrogens with zero attached hydrogens (tertiary/aromatic N) is 2. The topological polar surface area (TPSA) is 140 Å². The summed E-state index contributed by atoms with van der Waals surface area (Å²) in [6.07, 6.45) is 0. The molecular weight excluding hydrogens is 274 g/mol. The Balaban J connectivity index is 2.14. The van der Waals surface area contributed by atoms with Gasteiger partial charge in [0.05, 0.1) is 12.3 Å². The van der Waals surface area contributed by atoms with Crippen LogP contribution >= 0.6 is 0 Å². The molecule has 2 aromatic rings. The molecule has 0 aliphatic carbocycles. The number of aliphatic hydroxyl groups excluding tert-OH is 1. The number of hydrogen-bond donors (Lipinski definition) is 4. The smallest absolute Gasteiger partial charge is 0.273 e. The molecule has 8 heteroatoms. The number of carbonyl (C=O) groups excluding carboxylic acids is 1. The zero-order chi connectivity index (χ0) is 15.2. The van der Waals surface area contributed by atoms with Gasteiger partial charge in [-0.3, -0.25) is 4.79 Å². The highest BCUT2D eigenvalue weighted by Gasteiger charge is 2.13. The fourth-order valence-electron chi connectivity index (χ4n) is 1.63. The molecule has 0 unspecified atom stereocenters. The fraction of sp³-hybridized carbons (Fsp3) is 0.154. The number of aliphatic hydroxyl groups is 1. The van der Waals surface area contributed by atoms with Gasteiger partial charge in [0.25, 0.3) is 5.91 Å². The molecule has 0 fully saturated rings. The Morgan fingerprint density at radius 1 is 1.33 bits per heavy atom. The molecule has 0 saturated carbocycles. The third-order valence-corrected chi connectivity index (χ3v) is 2.55. The summed E-state index contributed by atoms with van der Waals surface area (Å²) in [4.78, 5) is 15.5. The van der Waals surface area contributed by atoms with E-state index in [0.717, 1.165) is 5.56 Å². The van der Waals surface area contributed by atoms with Gasteiger partial charge >= 0.3 is 0 Å². The van der Waals surface area contributed by atoms with Crippen LogP contribution in [0.5, 0.6) is 0 Å². The van der Waals surface area contributed by atoms with E-state index in [-0.39, 0.29) is 24.8 Å². The number of nitrogens with two attached hydrogens (primary N) is 2. The van der Waals surface area contributed by atoms with Crippen molar-refractivity contribution in [2.24, 2.45) is 16.5 Å². The number of carbonyl (C=O) groups is 1. The summed E-state index contributed by atoms with van der Waals surface area (Å²) in [5.74, 6) is 0.0156. The summed E-state index contributed by atoms with van der Waals surface area (Å²) in [6.45, 7) is 0.0247. The zero-order valence-corrected chi connectivity index (χ0v) is 11.1. The van der Waals surface area contributed by atoms with Gasteiger partial charge in [-0.25, -0.2) is 4.99 Å². The molecule has 21 heavy (non-hydrogen) atoms. The Bertz CT molecular complexity index is 644. The zero-order valence-electron chi connectivity index (χ0n) is 11.1. The molecule has 1 amide bonds. The SMILES string of the molecule is NC(N)=Nc1ccc(-c2cc(C(=O)NCCO)no2)cc1. The first-order valence-electron chi connectivity index (χ1n) is 6.16. The first kappa shape index (κ1) is 14.5. The maximum absolute atomic E-state index is 11.6. The lowest BCUT2D eigenvalue weighted by Gasteiger charge is -1.98. The Labute approximate surface area is 120 Å². The van der Waals surface area contributed by atoms with Crippen LogP contribution in [-0.2, 0) is 0 Å². The summed E-state index contributed by atoms with van der Waals surface area (Å²) >= 11 is 0. The summed E-state index contributed by atoms with van der Waals surface area (Å²) in [6, 6.07) is 8.43. The average molecular weight is 289 g/mol. The van der Waals surface area contributed by atoms with Crippen molar-refractivity contribution in [1.29, 1.82) is 0 Å². The van der Waals surface area contributed by atoms with Crippen molar-refractivity contribution in [3.63, 3.8) is 0 Å². The predicted molar refractivity (Wildman–Crippen MR) is 76.8 cm³/mol. The van der Waals surface area contributed by atoms with Crippen LogP contribution in [0.2, 0.25) is 0 Å². The van der Waals surface area contributed by atoms with Crippen molar-refractivity contribution in [1.82, 2.24) is 10.5 Å². The minimum Gasteiger partial charge on any atom is -0.395 e. The lowest BCUT2D eigenvalue weighted by atomic mass is 10.1. The largest absolute Gasteiger partial charge is 0.395 e. The molecule has 8 nitrogen and oxygen atoms in total. The molecule has 0 spiro atoms. The van der Waals surface area contributed by atoms with E-state index in [4.69, 9.17) is 21.1 Å². The molecule has 0 radical (unpaired) electrons. The van der Waals surface area contributed by atoms with Gasteiger partial charge in [-0.05, 0) is 24.3 Å². The summed E-state index contributed by atoms with van der Waals surface area (Å²) in [7, 11) is 0. The second kappa shape index (κ2) is 6.53. The highest BCUT2D eigenvalue weighted by atomic mass is 16.5. The number of amides is 1. The summed E-state index contributed by atoms with van der Waals surface area (Å²) < 4.78 is 5.11. The first-order chi connectivity index (χ1) is 10.1. The fourth-order valence-corrected chi connectivity index (χ4v) is 1.63. The number of rotatable bonds is 5. The number of guanidine groups is 1. The highest BCUT2D eigenvalue weighted by molar-refractivity contribution is 5.93. The molecule has 0 saturated heterocycles. The van der Waals surface area contributed by atoms with Crippen molar-refractivity contribution in [3.8, 4) is 11.3 Å². The second-order valence-corrected chi connectivity index (χ2v) is 4.14. The van der Waals surface area contributed by atoms with E-state index in [1.54, 1.807) is 24.3 Å². The molecule has 0 aliphatic rings. The number of hydrogen-bond acceptors (Lipinski definition) is 5. The third-order valence-electron chi connectivity index (χ3n) is 2.55. The van der Waals surface area contributed by atoms with Crippen LogP contribution in [0.25, 0.3) is 11.3 Å². The molecule has 1 heterocycles. The standard InChI is InChI=1S/C13H15N5O3/c14-13(15)17-9-3-1-8(2-4-9)11-7-10(18-21-11)12(20)16-5-6-19/h1-4,7,19H,5-6H2,(H,16,20)(H4,14,15,17). The third kappa shape index (κ3) is 3.80. The molecule has 0 atom stereocenters. The molecular formula is C13H15N5O3. The summed E-state index contributed by atoms with van der Waals surface area (Å²) in [5, 5.41) is 14.8. The maximum Gasteiger partial charge on any atom is 0.273 e. The number of aliphatic imine (C=N–C) groups is 1. The normalized spacial score (nSPS) is 10.1. The minimum absolute atomic E-state index is 0.0229. The van der Waals surface area contributed by atoms with Gasteiger partial charge in [-0.2, -0.15) is 0 Å². The number of aromatic nitrogens is 1. The minimum atomic E-state index is -0.406. The van der Waals surface area contributed by atoms with Gasteiger partial charge in [-0.1, -0.05) is 5.16 Å². The lowest BCUT2D eigenvalue weighted by Crippen LogP contribution is -2.26. The molecule has 0 aliphatic heterocycles. The monoisotopic (exact) mass is 289 g/mol. The van der Waals surface area contributed by atoms with Gasteiger partial charge < -0.3 is 26.4 Å². The molecule has 2 rings (SSSR count). The number of nitrogens with one attached hydrogen (secondary N) is 1. The quantitative estimate of drug-likeness (QED) is 0.450. The predicted octanol–water partition coefficient (Wildman–Crippen LogP) is -0.0314. The molecule has 6 N–H and O–H groups in total. The number of benzene rings is 1.